The summed E-state index contributed by atoms with van der Waals surface area (Å²) in [6.07, 6.45) is 5.84. The second kappa shape index (κ2) is 7.45. The molecule has 0 atom stereocenters. The van der Waals surface area contributed by atoms with Crippen LogP contribution < -0.4 is 0 Å². The van der Waals surface area contributed by atoms with Crippen molar-refractivity contribution in [1.82, 2.24) is 0 Å². The molecule has 2 aromatic rings. The standard InChI is InChI=1S/C21H18O2S/c1-24-18-10-7-16(8-11-18)20-14-17(22)9-12-19(20)21(23)13-15-5-3-2-4-6-15/h2-12H,13-14H2,1H3. The molecular formula is C21H18O2S. The van der Waals surface area contributed by atoms with Gasteiger partial charge in [0.2, 0.25) is 0 Å². The van der Waals surface area contributed by atoms with E-state index in [1.165, 1.54) is 6.08 Å². The fourth-order valence-corrected chi connectivity index (χ4v) is 3.20. The van der Waals surface area contributed by atoms with E-state index in [1.807, 2.05) is 60.9 Å². The molecule has 2 nitrogen and oxygen atoms in total. The zero-order valence-corrected chi connectivity index (χ0v) is 14.3. The monoisotopic (exact) mass is 334 g/mol. The number of carbonyl (C=O) groups excluding carboxylic acids is 2. The van der Waals surface area contributed by atoms with Crippen LogP contribution in [0.4, 0.5) is 0 Å². The summed E-state index contributed by atoms with van der Waals surface area (Å²) in [5.41, 5.74) is 3.41. The smallest absolute Gasteiger partial charge is 0.167 e. The summed E-state index contributed by atoms with van der Waals surface area (Å²) in [7, 11) is 0. The normalized spacial score (nSPS) is 14.1. The molecular weight excluding hydrogens is 316 g/mol. The third-order valence-corrected chi connectivity index (χ3v) is 4.80. The van der Waals surface area contributed by atoms with E-state index in [2.05, 4.69) is 0 Å². The molecule has 0 spiro atoms. The molecule has 0 fully saturated rings. The maximum atomic E-state index is 12.8. The summed E-state index contributed by atoms with van der Waals surface area (Å²) >= 11 is 1.67. The molecule has 120 valence electrons. The molecule has 0 unspecified atom stereocenters. The summed E-state index contributed by atoms with van der Waals surface area (Å²) in [5.74, 6) is 0.0871. The maximum Gasteiger partial charge on any atom is 0.167 e. The van der Waals surface area contributed by atoms with Gasteiger partial charge in [-0.3, -0.25) is 9.59 Å². The second-order valence-corrected chi connectivity index (χ2v) is 6.56. The zero-order chi connectivity index (χ0) is 16.9. The van der Waals surface area contributed by atoms with Gasteiger partial charge in [0.05, 0.1) is 0 Å². The van der Waals surface area contributed by atoms with Gasteiger partial charge in [-0.15, -0.1) is 11.8 Å². The highest BCUT2D eigenvalue weighted by Gasteiger charge is 2.20. The molecule has 3 heteroatoms. The van der Waals surface area contributed by atoms with Crippen LogP contribution >= 0.6 is 11.8 Å². The molecule has 1 aliphatic rings. The minimum absolute atomic E-state index is 0.0372. The molecule has 0 saturated carbocycles. The highest BCUT2D eigenvalue weighted by Crippen LogP contribution is 2.29. The lowest BCUT2D eigenvalue weighted by molar-refractivity contribution is -0.114. The van der Waals surface area contributed by atoms with E-state index < -0.39 is 0 Å². The average molecular weight is 334 g/mol. The number of hydrogen-bond acceptors (Lipinski definition) is 3. The number of Topliss-reactive ketones (excluding diaryl/α,β-unsaturated/α-hetero) is 1. The SMILES string of the molecule is CSc1ccc(C2=C(C(=O)Cc3ccccc3)C=CC(=O)C2)cc1. The first kappa shape index (κ1) is 16.5. The topological polar surface area (TPSA) is 34.1 Å². The first-order chi connectivity index (χ1) is 11.7. The first-order valence-corrected chi connectivity index (χ1v) is 9.05. The van der Waals surface area contributed by atoms with E-state index in [1.54, 1.807) is 17.8 Å². The van der Waals surface area contributed by atoms with Crippen molar-refractivity contribution in [2.45, 2.75) is 17.7 Å². The van der Waals surface area contributed by atoms with Crippen LogP contribution in [0.2, 0.25) is 0 Å². The van der Waals surface area contributed by atoms with E-state index in [9.17, 15) is 9.59 Å². The molecule has 0 radical (unpaired) electrons. The van der Waals surface area contributed by atoms with Crippen molar-refractivity contribution in [3.63, 3.8) is 0 Å². The van der Waals surface area contributed by atoms with Crippen LogP contribution in [0.1, 0.15) is 17.5 Å². The number of rotatable bonds is 5. The number of ketones is 2. The number of hydrogen-bond donors (Lipinski definition) is 0. The van der Waals surface area contributed by atoms with Gasteiger partial charge in [-0.1, -0.05) is 42.5 Å². The lowest BCUT2D eigenvalue weighted by Crippen LogP contribution is -2.12. The molecule has 0 aromatic heterocycles. The van der Waals surface area contributed by atoms with Gasteiger partial charge in [-0.05, 0) is 47.2 Å². The Labute approximate surface area is 146 Å². The quantitative estimate of drug-likeness (QED) is 0.755. The molecule has 0 heterocycles. The zero-order valence-electron chi connectivity index (χ0n) is 13.5. The summed E-state index contributed by atoms with van der Waals surface area (Å²) in [6, 6.07) is 17.7. The third kappa shape index (κ3) is 3.74. The van der Waals surface area contributed by atoms with Gasteiger partial charge in [-0.25, -0.2) is 0 Å². The average Bonchev–Trinajstić information content (AvgIpc) is 2.62. The van der Waals surface area contributed by atoms with Gasteiger partial charge in [0.15, 0.2) is 11.6 Å². The van der Waals surface area contributed by atoms with Gasteiger partial charge in [0.1, 0.15) is 0 Å². The number of thioether (sulfide) groups is 1. The van der Waals surface area contributed by atoms with E-state index in [0.717, 1.165) is 21.6 Å². The summed E-state index contributed by atoms with van der Waals surface area (Å²) in [5, 5.41) is 0. The van der Waals surface area contributed by atoms with Crippen LogP contribution in [0.3, 0.4) is 0 Å². The number of benzene rings is 2. The van der Waals surface area contributed by atoms with E-state index >= 15 is 0 Å². The van der Waals surface area contributed by atoms with Gasteiger partial charge in [0.25, 0.3) is 0 Å². The minimum Gasteiger partial charge on any atom is -0.294 e. The molecule has 0 N–H and O–H groups in total. The first-order valence-electron chi connectivity index (χ1n) is 7.83. The molecule has 0 bridgehead atoms. The molecule has 24 heavy (non-hydrogen) atoms. The Morgan fingerprint density at radius 1 is 1.00 bits per heavy atom. The highest BCUT2D eigenvalue weighted by molar-refractivity contribution is 7.98. The largest absolute Gasteiger partial charge is 0.294 e. The molecule has 2 aromatic carbocycles. The van der Waals surface area contributed by atoms with Crippen molar-refractivity contribution in [3.8, 4) is 0 Å². The van der Waals surface area contributed by atoms with Crippen molar-refractivity contribution in [1.29, 1.82) is 0 Å². The Balaban J connectivity index is 1.95. The van der Waals surface area contributed by atoms with E-state index in [4.69, 9.17) is 0 Å². The predicted octanol–water partition coefficient (Wildman–Crippen LogP) is 4.50. The number of allylic oxidation sites excluding steroid dienone is 4. The lowest BCUT2D eigenvalue weighted by atomic mass is 9.87. The Bertz CT molecular complexity index is 815. The Hall–Kier alpha value is -2.39. The minimum atomic E-state index is 0.0372. The predicted molar refractivity (Wildman–Crippen MR) is 99.1 cm³/mol. The molecule has 0 saturated heterocycles. The number of carbonyl (C=O) groups is 2. The van der Waals surface area contributed by atoms with E-state index in [-0.39, 0.29) is 18.0 Å². The van der Waals surface area contributed by atoms with Gasteiger partial charge in [0, 0.05) is 23.3 Å². The van der Waals surface area contributed by atoms with Crippen LogP contribution in [0.5, 0.6) is 0 Å². The van der Waals surface area contributed by atoms with Crippen molar-refractivity contribution in [2.24, 2.45) is 0 Å². The van der Waals surface area contributed by atoms with Crippen molar-refractivity contribution in [2.75, 3.05) is 6.26 Å². The molecule has 3 rings (SSSR count). The Morgan fingerprint density at radius 3 is 2.38 bits per heavy atom. The second-order valence-electron chi connectivity index (χ2n) is 5.68. The van der Waals surface area contributed by atoms with Crippen LogP contribution in [-0.2, 0) is 16.0 Å². The van der Waals surface area contributed by atoms with Gasteiger partial charge >= 0.3 is 0 Å². The molecule has 1 aliphatic carbocycles. The molecule has 0 aliphatic heterocycles. The fourth-order valence-electron chi connectivity index (χ4n) is 2.79. The van der Waals surface area contributed by atoms with Gasteiger partial charge in [-0.2, -0.15) is 0 Å². The fraction of sp³-hybridized carbons (Fsp3) is 0.143. The van der Waals surface area contributed by atoms with E-state index in [0.29, 0.717) is 12.0 Å². The Morgan fingerprint density at radius 2 is 1.71 bits per heavy atom. The summed E-state index contributed by atoms with van der Waals surface area (Å²) < 4.78 is 0. The van der Waals surface area contributed by atoms with Crippen molar-refractivity contribution < 1.29 is 9.59 Å². The van der Waals surface area contributed by atoms with Crippen molar-refractivity contribution in [3.05, 3.63) is 83.4 Å². The van der Waals surface area contributed by atoms with Crippen LogP contribution in [0, 0.1) is 0 Å². The van der Waals surface area contributed by atoms with Crippen LogP contribution in [-0.4, -0.2) is 17.8 Å². The van der Waals surface area contributed by atoms with Crippen LogP contribution in [0.15, 0.2) is 77.2 Å². The lowest BCUT2D eigenvalue weighted by Gasteiger charge is -2.15. The summed E-state index contributed by atoms with van der Waals surface area (Å²) in [6.45, 7) is 0. The van der Waals surface area contributed by atoms with Gasteiger partial charge < -0.3 is 0 Å². The molecule has 0 amide bonds. The summed E-state index contributed by atoms with van der Waals surface area (Å²) in [4.78, 5) is 25.8. The third-order valence-electron chi connectivity index (χ3n) is 4.06. The highest BCUT2D eigenvalue weighted by atomic mass is 32.2. The van der Waals surface area contributed by atoms with Crippen LogP contribution in [0.25, 0.3) is 5.57 Å². The van der Waals surface area contributed by atoms with Crippen molar-refractivity contribution >= 4 is 28.9 Å². The Kier molecular flexibility index (Phi) is 5.11. The maximum absolute atomic E-state index is 12.8.